The van der Waals surface area contributed by atoms with Gasteiger partial charge in [0, 0.05) is 18.3 Å². The summed E-state index contributed by atoms with van der Waals surface area (Å²) in [4.78, 5) is 14.1. The molecule has 23 heavy (non-hydrogen) atoms. The van der Waals surface area contributed by atoms with E-state index in [9.17, 15) is 9.90 Å². The van der Waals surface area contributed by atoms with Gasteiger partial charge in [-0.2, -0.15) is 0 Å². The Kier molecular flexibility index (Phi) is 4.95. The molecule has 6 nitrogen and oxygen atoms in total. The van der Waals surface area contributed by atoms with E-state index < -0.39 is 0 Å². The van der Waals surface area contributed by atoms with Crippen LogP contribution < -0.4 is 19.1 Å². The Labute approximate surface area is 134 Å². The van der Waals surface area contributed by atoms with Gasteiger partial charge in [0.05, 0.1) is 21.3 Å². The number of anilines is 1. The van der Waals surface area contributed by atoms with Crippen LogP contribution in [0.4, 0.5) is 5.69 Å². The number of benzene rings is 2. The second kappa shape index (κ2) is 6.91. The highest BCUT2D eigenvalue weighted by Gasteiger charge is 2.20. The maximum absolute atomic E-state index is 12.7. The minimum Gasteiger partial charge on any atom is -0.508 e. The first kappa shape index (κ1) is 16.5. The predicted octanol–water partition coefficient (Wildman–Crippen LogP) is 2.69. The van der Waals surface area contributed by atoms with Crippen LogP contribution in [0.3, 0.4) is 0 Å². The van der Waals surface area contributed by atoms with Gasteiger partial charge in [-0.25, -0.2) is 0 Å². The summed E-state index contributed by atoms with van der Waals surface area (Å²) < 4.78 is 15.8. The van der Waals surface area contributed by atoms with E-state index in [0.717, 1.165) is 0 Å². The number of phenolic OH excluding ortho intramolecular Hbond substituents is 1. The number of aromatic hydroxyl groups is 1. The maximum Gasteiger partial charge on any atom is 0.258 e. The topological polar surface area (TPSA) is 68.2 Å². The Balaban J connectivity index is 2.40. The SMILES string of the molecule is COc1cc(C(=O)N(C)c2ccc(O)cc2)cc(OC)c1OC. The lowest BCUT2D eigenvalue weighted by Crippen LogP contribution is -2.26. The Bertz CT molecular complexity index is 672. The van der Waals surface area contributed by atoms with Crippen molar-refractivity contribution in [2.24, 2.45) is 0 Å². The van der Waals surface area contributed by atoms with Crippen molar-refractivity contribution in [1.29, 1.82) is 0 Å². The second-order valence-corrected chi connectivity index (χ2v) is 4.79. The molecule has 0 heterocycles. The van der Waals surface area contributed by atoms with Crippen molar-refractivity contribution < 1.29 is 24.1 Å². The molecule has 0 saturated heterocycles. The number of carbonyl (C=O) groups excluding carboxylic acids is 1. The maximum atomic E-state index is 12.7. The van der Waals surface area contributed by atoms with E-state index in [2.05, 4.69) is 0 Å². The molecule has 1 N–H and O–H groups in total. The fourth-order valence-electron chi connectivity index (χ4n) is 2.19. The lowest BCUT2D eigenvalue weighted by molar-refractivity contribution is 0.0992. The first-order valence-corrected chi connectivity index (χ1v) is 6.89. The van der Waals surface area contributed by atoms with Crippen LogP contribution in [0.2, 0.25) is 0 Å². The highest BCUT2D eigenvalue weighted by Crippen LogP contribution is 2.38. The number of phenols is 1. The number of nitrogens with zero attached hydrogens (tertiary/aromatic N) is 1. The molecule has 0 aromatic heterocycles. The standard InChI is InChI=1S/C17H19NO5/c1-18(12-5-7-13(19)8-6-12)17(20)11-9-14(21-2)16(23-4)15(10-11)22-3/h5-10,19H,1-4H3. The number of hydrogen-bond acceptors (Lipinski definition) is 5. The Morgan fingerprint density at radius 2 is 1.48 bits per heavy atom. The van der Waals surface area contributed by atoms with Crippen molar-refractivity contribution >= 4 is 11.6 Å². The first-order valence-electron chi connectivity index (χ1n) is 6.89. The molecule has 2 aromatic rings. The van der Waals surface area contributed by atoms with E-state index in [0.29, 0.717) is 28.5 Å². The summed E-state index contributed by atoms with van der Waals surface area (Å²) in [7, 11) is 6.15. The van der Waals surface area contributed by atoms with Crippen LogP contribution in [0.15, 0.2) is 36.4 Å². The molecular weight excluding hydrogens is 298 g/mol. The predicted molar refractivity (Wildman–Crippen MR) is 86.9 cm³/mol. The van der Waals surface area contributed by atoms with Gasteiger partial charge in [0.25, 0.3) is 5.91 Å². The van der Waals surface area contributed by atoms with E-state index >= 15 is 0 Å². The van der Waals surface area contributed by atoms with Crippen molar-refractivity contribution in [3.05, 3.63) is 42.0 Å². The summed E-state index contributed by atoms with van der Waals surface area (Å²) in [5, 5.41) is 9.34. The molecule has 1 amide bonds. The number of ether oxygens (including phenoxy) is 3. The largest absolute Gasteiger partial charge is 0.508 e. The minimum atomic E-state index is -0.241. The molecule has 0 aliphatic carbocycles. The average molecular weight is 317 g/mol. The quantitative estimate of drug-likeness (QED) is 0.918. The highest BCUT2D eigenvalue weighted by atomic mass is 16.5. The van der Waals surface area contributed by atoms with Gasteiger partial charge in [0.1, 0.15) is 5.75 Å². The van der Waals surface area contributed by atoms with E-state index in [4.69, 9.17) is 14.2 Å². The van der Waals surface area contributed by atoms with Gasteiger partial charge in [0.15, 0.2) is 11.5 Å². The van der Waals surface area contributed by atoms with Crippen molar-refractivity contribution in [1.82, 2.24) is 0 Å². The fraction of sp³-hybridized carbons (Fsp3) is 0.235. The zero-order valence-corrected chi connectivity index (χ0v) is 13.5. The molecule has 0 radical (unpaired) electrons. The molecule has 2 aromatic carbocycles. The third-order valence-corrected chi connectivity index (χ3v) is 3.45. The Hall–Kier alpha value is -2.89. The van der Waals surface area contributed by atoms with Gasteiger partial charge < -0.3 is 24.2 Å². The molecule has 0 bridgehead atoms. The third kappa shape index (κ3) is 3.31. The molecule has 0 aliphatic rings. The summed E-state index contributed by atoms with van der Waals surface area (Å²) >= 11 is 0. The van der Waals surface area contributed by atoms with Crippen molar-refractivity contribution in [2.75, 3.05) is 33.3 Å². The van der Waals surface area contributed by atoms with Crippen LogP contribution in [0.5, 0.6) is 23.0 Å². The summed E-state index contributed by atoms with van der Waals surface area (Å²) in [6.07, 6.45) is 0. The smallest absolute Gasteiger partial charge is 0.258 e. The van der Waals surface area contributed by atoms with Gasteiger partial charge in [-0.3, -0.25) is 4.79 Å². The molecule has 0 saturated carbocycles. The van der Waals surface area contributed by atoms with Crippen LogP contribution in [0.1, 0.15) is 10.4 Å². The number of rotatable bonds is 5. The zero-order valence-electron chi connectivity index (χ0n) is 13.5. The highest BCUT2D eigenvalue weighted by molar-refractivity contribution is 6.06. The van der Waals surface area contributed by atoms with Gasteiger partial charge in [-0.05, 0) is 36.4 Å². The molecule has 0 fully saturated rings. The number of carbonyl (C=O) groups is 1. The van der Waals surface area contributed by atoms with Crippen LogP contribution in [-0.2, 0) is 0 Å². The van der Waals surface area contributed by atoms with E-state index in [1.54, 1.807) is 31.3 Å². The number of methoxy groups -OCH3 is 3. The number of amides is 1. The normalized spacial score (nSPS) is 10.1. The molecule has 0 unspecified atom stereocenters. The molecule has 122 valence electrons. The first-order chi connectivity index (χ1) is 11.0. The van der Waals surface area contributed by atoms with Crippen LogP contribution >= 0.6 is 0 Å². The Morgan fingerprint density at radius 1 is 0.957 bits per heavy atom. The molecule has 0 atom stereocenters. The molecule has 2 rings (SSSR count). The zero-order chi connectivity index (χ0) is 17.0. The van der Waals surface area contributed by atoms with Crippen molar-refractivity contribution in [2.45, 2.75) is 0 Å². The number of hydrogen-bond donors (Lipinski definition) is 1. The van der Waals surface area contributed by atoms with Gasteiger partial charge in [-0.15, -0.1) is 0 Å². The van der Waals surface area contributed by atoms with Gasteiger partial charge in [0.2, 0.25) is 5.75 Å². The minimum absolute atomic E-state index is 0.141. The Morgan fingerprint density at radius 3 is 1.91 bits per heavy atom. The molecule has 0 spiro atoms. The third-order valence-electron chi connectivity index (χ3n) is 3.45. The molecular formula is C17H19NO5. The molecule has 6 heteroatoms. The summed E-state index contributed by atoms with van der Waals surface area (Å²) in [5.41, 5.74) is 1.05. The van der Waals surface area contributed by atoms with Crippen LogP contribution in [-0.4, -0.2) is 39.4 Å². The van der Waals surface area contributed by atoms with E-state index in [1.165, 1.54) is 38.4 Å². The van der Waals surface area contributed by atoms with Crippen molar-refractivity contribution in [3.8, 4) is 23.0 Å². The van der Waals surface area contributed by atoms with E-state index in [1.807, 2.05) is 0 Å². The lowest BCUT2D eigenvalue weighted by atomic mass is 10.1. The average Bonchev–Trinajstić information content (AvgIpc) is 2.59. The second-order valence-electron chi connectivity index (χ2n) is 4.79. The summed E-state index contributed by atoms with van der Waals surface area (Å²) in [6.45, 7) is 0. The van der Waals surface area contributed by atoms with E-state index in [-0.39, 0.29) is 11.7 Å². The summed E-state index contributed by atoms with van der Waals surface area (Å²) in [6, 6.07) is 9.56. The van der Waals surface area contributed by atoms with Gasteiger partial charge in [-0.1, -0.05) is 0 Å². The summed E-state index contributed by atoms with van der Waals surface area (Å²) in [5.74, 6) is 1.15. The van der Waals surface area contributed by atoms with Crippen LogP contribution in [0, 0.1) is 0 Å². The lowest BCUT2D eigenvalue weighted by Gasteiger charge is -2.19. The van der Waals surface area contributed by atoms with Crippen LogP contribution in [0.25, 0.3) is 0 Å². The monoisotopic (exact) mass is 317 g/mol. The van der Waals surface area contributed by atoms with Gasteiger partial charge >= 0.3 is 0 Å². The molecule has 0 aliphatic heterocycles. The fourth-order valence-corrected chi connectivity index (χ4v) is 2.19. The van der Waals surface area contributed by atoms with Crippen molar-refractivity contribution in [3.63, 3.8) is 0 Å².